The summed E-state index contributed by atoms with van der Waals surface area (Å²) in [6.07, 6.45) is 8.25. The Hall–Kier alpha value is -3.52. The van der Waals surface area contributed by atoms with Crippen LogP contribution in [0.4, 0.5) is 34.5 Å². The molecule has 13 heteroatoms. The molecule has 2 aliphatic rings. The number of nitrogens with one attached hydrogen (secondary N) is 3. The van der Waals surface area contributed by atoms with Gasteiger partial charge in [-0.15, -0.1) is 0 Å². The first-order valence-corrected chi connectivity index (χ1v) is 18.1. The number of pyridine rings is 1. The summed E-state index contributed by atoms with van der Waals surface area (Å²) >= 11 is 3.58. The van der Waals surface area contributed by atoms with Gasteiger partial charge in [0.15, 0.2) is 0 Å². The summed E-state index contributed by atoms with van der Waals surface area (Å²) in [5.74, 6) is 1.69. The number of aromatic nitrogens is 3. The average molecular weight is 709 g/mol. The number of para-hydroxylation sites is 1. The molecule has 46 heavy (non-hydrogen) atoms. The minimum atomic E-state index is -1.29. The topological polar surface area (TPSA) is 111 Å². The molecular weight excluding hydrogens is 666 g/mol. The Morgan fingerprint density at radius 2 is 1.76 bits per heavy atom. The highest BCUT2D eigenvalue weighted by Crippen LogP contribution is 2.38. The van der Waals surface area contributed by atoms with E-state index in [0.717, 1.165) is 54.9 Å². The molecule has 244 valence electrons. The zero-order chi connectivity index (χ0) is 32.2. The average Bonchev–Trinajstić information content (AvgIpc) is 3.07. The van der Waals surface area contributed by atoms with Crippen molar-refractivity contribution in [3.63, 3.8) is 0 Å². The molecule has 2 fully saturated rings. The lowest BCUT2D eigenvalue weighted by molar-refractivity contribution is 0.0982. The lowest BCUT2D eigenvalue weighted by Gasteiger charge is -2.43. The van der Waals surface area contributed by atoms with Gasteiger partial charge in [-0.1, -0.05) is 25.1 Å². The first kappa shape index (κ1) is 32.4. The van der Waals surface area contributed by atoms with Crippen molar-refractivity contribution in [3.8, 4) is 5.75 Å². The molecule has 2 aromatic heterocycles. The van der Waals surface area contributed by atoms with Gasteiger partial charge < -0.3 is 29.9 Å². The van der Waals surface area contributed by atoms with Crippen LogP contribution in [-0.4, -0.2) is 94.7 Å². The minimum absolute atomic E-state index is 0.411. The molecule has 0 radical (unpaired) electrons. The third-order valence-electron chi connectivity index (χ3n) is 8.91. The number of ether oxygens (including phenoxy) is 1. The molecule has 2 saturated heterocycles. The number of hydrogen-bond donors (Lipinski definition) is 3. The van der Waals surface area contributed by atoms with Gasteiger partial charge in [0.05, 0.1) is 40.4 Å². The molecule has 11 nitrogen and oxygen atoms in total. The Kier molecular flexibility index (Phi) is 10.2. The maximum atomic E-state index is 12.2. The first-order valence-electron chi connectivity index (χ1n) is 15.8. The van der Waals surface area contributed by atoms with Crippen molar-refractivity contribution in [3.05, 3.63) is 58.8 Å². The fourth-order valence-corrected chi connectivity index (χ4v) is 7.17. The Morgan fingerprint density at radius 3 is 2.48 bits per heavy atom. The molecule has 4 heterocycles. The highest BCUT2D eigenvalue weighted by molar-refractivity contribution is 9.10. The molecule has 1 unspecified atom stereocenters. The molecule has 0 spiro atoms. The molecule has 4 aromatic rings. The monoisotopic (exact) mass is 707 g/mol. The minimum Gasteiger partial charge on any atom is -0.494 e. The van der Waals surface area contributed by atoms with E-state index in [4.69, 9.17) is 9.72 Å². The Bertz CT molecular complexity index is 1710. The number of halogens is 1. The largest absolute Gasteiger partial charge is 0.494 e. The third-order valence-corrected chi connectivity index (χ3v) is 9.98. The van der Waals surface area contributed by atoms with E-state index in [-0.39, 0.29) is 0 Å². The summed E-state index contributed by atoms with van der Waals surface area (Å²) in [4.78, 5) is 21.5. The number of anilines is 6. The summed E-state index contributed by atoms with van der Waals surface area (Å²) < 4.78 is 21.8. The summed E-state index contributed by atoms with van der Waals surface area (Å²) in [5.41, 5.74) is 5.42. The number of nitrogens with zero attached hydrogens (tertiary/aromatic N) is 6. The number of hydrogen-bond acceptors (Lipinski definition) is 10. The van der Waals surface area contributed by atoms with Gasteiger partial charge in [-0.2, -0.15) is 4.98 Å². The van der Waals surface area contributed by atoms with Crippen LogP contribution >= 0.6 is 15.9 Å². The van der Waals surface area contributed by atoms with E-state index in [9.17, 15) is 4.21 Å². The second-order valence-electron chi connectivity index (χ2n) is 11.9. The molecule has 1 atom stereocenters. The second kappa shape index (κ2) is 14.5. The van der Waals surface area contributed by atoms with Gasteiger partial charge in [-0.05, 0) is 59.9 Å². The highest BCUT2D eigenvalue weighted by atomic mass is 79.9. The molecule has 0 aliphatic carbocycles. The normalized spacial score (nSPS) is 17.2. The predicted octanol–water partition coefficient (Wildman–Crippen LogP) is 5.77. The summed E-state index contributed by atoms with van der Waals surface area (Å²) in [6, 6.07) is 12.7. The van der Waals surface area contributed by atoms with E-state index in [1.165, 1.54) is 37.2 Å². The van der Waals surface area contributed by atoms with Gasteiger partial charge in [0.25, 0.3) is 0 Å². The van der Waals surface area contributed by atoms with Crippen molar-refractivity contribution in [1.29, 1.82) is 0 Å². The van der Waals surface area contributed by atoms with Gasteiger partial charge in [0.2, 0.25) is 5.95 Å². The van der Waals surface area contributed by atoms with E-state index in [1.807, 2.05) is 24.3 Å². The van der Waals surface area contributed by atoms with Gasteiger partial charge >= 0.3 is 0 Å². The summed E-state index contributed by atoms with van der Waals surface area (Å²) in [6.45, 7) is 8.92. The van der Waals surface area contributed by atoms with Gasteiger partial charge in [-0.25, -0.2) is 9.19 Å². The van der Waals surface area contributed by atoms with Crippen LogP contribution in [0.1, 0.15) is 25.3 Å². The summed E-state index contributed by atoms with van der Waals surface area (Å²) in [7, 11) is 2.62. The van der Waals surface area contributed by atoms with Crippen LogP contribution in [-0.2, 0) is 17.4 Å². The number of piperidine rings is 1. The number of aryl methyl sites for hydroxylation is 1. The van der Waals surface area contributed by atoms with Gasteiger partial charge in [0, 0.05) is 74.9 Å². The quantitative estimate of drug-likeness (QED) is 0.188. The lowest BCUT2D eigenvalue weighted by atomic mass is 9.99. The SMILES string of the molecule is CCc1cc(Nc2ncc(Br)c(Nc3cnc4ccccc4c3NS(C)=O)n2)c(OC)cc1N1CCC(N2CCN(C)CC2)CC1. The fourth-order valence-electron chi connectivity index (χ4n) is 6.37. The van der Waals surface area contributed by atoms with E-state index in [1.54, 1.807) is 25.8 Å². The number of rotatable bonds is 10. The Labute approximate surface area is 281 Å². The van der Waals surface area contributed by atoms with Crippen molar-refractivity contribution in [2.24, 2.45) is 0 Å². The third kappa shape index (κ3) is 7.22. The number of fused-ring (bicyclic) bond motifs is 1. The van der Waals surface area contributed by atoms with Crippen molar-refractivity contribution in [2.45, 2.75) is 32.2 Å². The van der Waals surface area contributed by atoms with Crippen LogP contribution in [0, 0.1) is 0 Å². The van der Waals surface area contributed by atoms with E-state index in [0.29, 0.717) is 33.7 Å². The van der Waals surface area contributed by atoms with Crippen LogP contribution < -0.4 is 25.0 Å². The molecule has 6 rings (SSSR count). The fraction of sp³-hybridized carbons (Fsp3) is 0.424. The Balaban J connectivity index is 1.21. The van der Waals surface area contributed by atoms with Crippen molar-refractivity contribution >= 4 is 72.3 Å². The van der Waals surface area contributed by atoms with Crippen molar-refractivity contribution in [1.82, 2.24) is 24.8 Å². The smallest absolute Gasteiger partial charge is 0.229 e. The number of methoxy groups -OCH3 is 1. The molecule has 3 N–H and O–H groups in total. The van der Waals surface area contributed by atoms with Crippen LogP contribution in [0.15, 0.2) is 53.3 Å². The molecule has 2 aromatic carbocycles. The molecule has 2 aliphatic heterocycles. The molecule has 0 saturated carbocycles. The van der Waals surface area contributed by atoms with Crippen LogP contribution in [0.2, 0.25) is 0 Å². The summed E-state index contributed by atoms with van der Waals surface area (Å²) in [5, 5.41) is 7.60. The molecule has 0 amide bonds. The van der Waals surface area contributed by atoms with E-state index in [2.05, 4.69) is 82.1 Å². The number of benzene rings is 2. The van der Waals surface area contributed by atoms with E-state index < -0.39 is 11.0 Å². The molecule has 0 bridgehead atoms. The maximum Gasteiger partial charge on any atom is 0.229 e. The highest BCUT2D eigenvalue weighted by Gasteiger charge is 2.28. The van der Waals surface area contributed by atoms with Crippen molar-refractivity contribution in [2.75, 3.05) is 79.9 Å². The molecular formula is C33H42BrN9O2S. The van der Waals surface area contributed by atoms with Gasteiger partial charge in [-0.3, -0.25) is 9.88 Å². The second-order valence-corrected chi connectivity index (χ2v) is 13.8. The van der Waals surface area contributed by atoms with E-state index >= 15 is 0 Å². The number of piperazine rings is 1. The number of likely N-dealkylation sites (N-methyl/N-ethyl adjacent to an activating group) is 1. The van der Waals surface area contributed by atoms with Crippen molar-refractivity contribution < 1.29 is 8.95 Å². The first-order chi connectivity index (χ1) is 22.3. The van der Waals surface area contributed by atoms with Gasteiger partial charge in [0.1, 0.15) is 22.6 Å². The Morgan fingerprint density at radius 1 is 1.00 bits per heavy atom. The standard InChI is InChI=1S/C33H42BrN9O2S/c1-5-22-18-27(30(45-3)19-29(22)43-12-10-23(11-13-43)42-16-14-41(2)15-17-42)38-33-36-20-25(34)32(39-33)37-28-21-35-26-9-7-6-8-24(26)31(28)40-46(4)44/h6-9,18-21,23H,5,10-17H2,1-4H3,(H,35,40)(H2,36,37,38,39). The maximum absolute atomic E-state index is 12.2. The van der Waals surface area contributed by atoms with Crippen LogP contribution in [0.25, 0.3) is 10.9 Å². The van der Waals surface area contributed by atoms with Crippen LogP contribution in [0.5, 0.6) is 5.75 Å². The zero-order valence-electron chi connectivity index (χ0n) is 26.8. The predicted molar refractivity (Wildman–Crippen MR) is 192 cm³/mol. The lowest BCUT2D eigenvalue weighted by Crippen LogP contribution is -2.52. The zero-order valence-corrected chi connectivity index (χ0v) is 29.2. The van der Waals surface area contributed by atoms with Crippen LogP contribution in [0.3, 0.4) is 0 Å².